The molecule has 2 fully saturated rings. The van der Waals surface area contributed by atoms with Crippen molar-refractivity contribution in [2.24, 2.45) is 11.8 Å². The highest BCUT2D eigenvalue weighted by molar-refractivity contribution is 7.80. The number of nitrogens with one attached hydrogen (secondary N) is 1. The number of aliphatic hydroxyl groups excluding tert-OH is 4. The van der Waals surface area contributed by atoms with Crippen LogP contribution in [0.3, 0.4) is 0 Å². The summed E-state index contributed by atoms with van der Waals surface area (Å²) >= 11 is 0. The average Bonchev–Trinajstić information content (AvgIpc) is 2.82. The second kappa shape index (κ2) is 14.9. The Hall–Kier alpha value is -1.02. The molecule has 4 unspecified atom stereocenters. The third-order valence-corrected chi connectivity index (χ3v) is 6.97. The first-order valence-corrected chi connectivity index (χ1v) is 13.2. The van der Waals surface area contributed by atoms with Crippen LogP contribution in [-0.2, 0) is 43.1 Å². The predicted molar refractivity (Wildman–Crippen MR) is 124 cm³/mol. The first kappa shape index (κ1) is 32.2. The fourth-order valence-corrected chi connectivity index (χ4v) is 5.01. The zero-order valence-corrected chi connectivity index (χ0v) is 21.9. The normalized spacial score (nSPS) is 36.9. The van der Waals surface area contributed by atoms with E-state index in [2.05, 4.69) is 9.50 Å². The monoisotopic (exact) mass is 561 g/mol. The summed E-state index contributed by atoms with van der Waals surface area (Å²) in [7, 11) is -1.95. The Balaban J connectivity index is 2.14. The Labute approximate surface area is 215 Å². The fourth-order valence-electron chi connectivity index (χ4n) is 4.70. The summed E-state index contributed by atoms with van der Waals surface area (Å²) in [6.07, 6.45) is -7.14. The Morgan fingerprint density at radius 1 is 0.865 bits per heavy atom. The third-order valence-electron chi connectivity index (χ3n) is 6.53. The maximum atomic E-state index is 11.7. The van der Waals surface area contributed by atoms with Gasteiger partial charge in [-0.25, -0.2) is 4.18 Å². The largest absolute Gasteiger partial charge is 0.397 e. The van der Waals surface area contributed by atoms with Crippen LogP contribution in [0.25, 0.3) is 0 Å². The lowest BCUT2D eigenvalue weighted by Gasteiger charge is -2.45. The predicted octanol–water partition coefficient (Wildman–Crippen LogP) is -3.15. The van der Waals surface area contributed by atoms with Gasteiger partial charge < -0.3 is 49.4 Å². The molecule has 0 radical (unpaired) electrons. The SMILES string of the molecule is COCC[C@H]1C(O)[C@H](COC[C@@H]2C(COS(=O)(=O)O)O[C@@H](COC)C(NC(C)=O)[C@@H]2O)OC(CO)[C@@H]1O. The van der Waals surface area contributed by atoms with Crippen LogP contribution in [-0.4, -0.2) is 142 Å². The molecule has 10 atom stereocenters. The average molecular weight is 562 g/mol. The van der Waals surface area contributed by atoms with Crippen molar-refractivity contribution in [2.45, 2.75) is 62.1 Å². The van der Waals surface area contributed by atoms with Crippen molar-refractivity contribution >= 4 is 16.3 Å². The zero-order chi connectivity index (χ0) is 27.8. The smallest absolute Gasteiger partial charge is 0.394 e. The topological polar surface area (TPSA) is 220 Å². The van der Waals surface area contributed by atoms with E-state index in [0.717, 1.165) is 0 Å². The van der Waals surface area contributed by atoms with Crippen molar-refractivity contribution in [2.75, 3.05) is 53.9 Å². The molecule has 1 amide bonds. The number of amides is 1. The van der Waals surface area contributed by atoms with Crippen molar-refractivity contribution in [1.29, 1.82) is 0 Å². The molecule has 0 aliphatic carbocycles. The second-order valence-electron chi connectivity index (χ2n) is 9.12. The van der Waals surface area contributed by atoms with Crippen molar-refractivity contribution in [3.8, 4) is 0 Å². The Morgan fingerprint density at radius 2 is 1.51 bits per heavy atom. The highest BCUT2D eigenvalue weighted by Crippen LogP contribution is 2.31. The van der Waals surface area contributed by atoms with Crippen molar-refractivity contribution in [3.63, 3.8) is 0 Å². The van der Waals surface area contributed by atoms with E-state index < -0.39 is 90.1 Å². The summed E-state index contributed by atoms with van der Waals surface area (Å²) in [6.45, 7) is -0.141. The highest BCUT2D eigenvalue weighted by atomic mass is 32.3. The van der Waals surface area contributed by atoms with Crippen LogP contribution in [0.4, 0.5) is 0 Å². The van der Waals surface area contributed by atoms with E-state index in [1.165, 1.54) is 21.1 Å². The lowest BCUT2D eigenvalue weighted by molar-refractivity contribution is -0.229. The first-order valence-electron chi connectivity index (χ1n) is 11.8. The summed E-state index contributed by atoms with van der Waals surface area (Å²) in [5.41, 5.74) is 0. The zero-order valence-electron chi connectivity index (χ0n) is 21.0. The van der Waals surface area contributed by atoms with Crippen LogP contribution in [0.2, 0.25) is 0 Å². The van der Waals surface area contributed by atoms with Gasteiger partial charge in [0.15, 0.2) is 0 Å². The lowest BCUT2D eigenvalue weighted by Crippen LogP contribution is -2.63. The molecule has 0 aromatic heterocycles. The molecule has 218 valence electrons. The van der Waals surface area contributed by atoms with Gasteiger partial charge in [-0.2, -0.15) is 8.42 Å². The fraction of sp³-hybridized carbons (Fsp3) is 0.952. The van der Waals surface area contributed by atoms with E-state index in [-0.39, 0.29) is 26.4 Å². The van der Waals surface area contributed by atoms with Gasteiger partial charge in [0.2, 0.25) is 5.91 Å². The summed E-state index contributed by atoms with van der Waals surface area (Å²) in [5.74, 6) is -2.05. The molecule has 0 bridgehead atoms. The van der Waals surface area contributed by atoms with E-state index in [0.29, 0.717) is 6.42 Å². The van der Waals surface area contributed by atoms with Gasteiger partial charge in [-0.3, -0.25) is 9.35 Å². The molecule has 0 aromatic carbocycles. The van der Waals surface area contributed by atoms with Crippen molar-refractivity contribution in [3.05, 3.63) is 0 Å². The maximum Gasteiger partial charge on any atom is 0.397 e. The maximum absolute atomic E-state index is 11.7. The van der Waals surface area contributed by atoms with E-state index in [4.69, 9.17) is 28.2 Å². The molecule has 0 saturated carbocycles. The number of hydrogen-bond donors (Lipinski definition) is 6. The van der Waals surface area contributed by atoms with E-state index in [1.54, 1.807) is 0 Å². The van der Waals surface area contributed by atoms with Gasteiger partial charge >= 0.3 is 10.4 Å². The molecule has 15 nitrogen and oxygen atoms in total. The van der Waals surface area contributed by atoms with E-state index in [1.807, 2.05) is 0 Å². The van der Waals surface area contributed by atoms with Gasteiger partial charge in [-0.1, -0.05) is 0 Å². The van der Waals surface area contributed by atoms with Crippen LogP contribution in [0.5, 0.6) is 0 Å². The summed E-state index contributed by atoms with van der Waals surface area (Å²) < 4.78 is 63.0. The van der Waals surface area contributed by atoms with Gasteiger partial charge in [-0.15, -0.1) is 0 Å². The quantitative estimate of drug-likeness (QED) is 0.115. The highest BCUT2D eigenvalue weighted by Gasteiger charge is 2.47. The lowest BCUT2D eigenvalue weighted by atomic mass is 9.84. The summed E-state index contributed by atoms with van der Waals surface area (Å²) in [4.78, 5) is 11.7. The molecular weight excluding hydrogens is 522 g/mol. The molecule has 37 heavy (non-hydrogen) atoms. The summed E-state index contributed by atoms with van der Waals surface area (Å²) in [5, 5.41) is 44.4. The minimum absolute atomic E-state index is 0.0478. The van der Waals surface area contributed by atoms with E-state index >= 15 is 0 Å². The first-order chi connectivity index (χ1) is 17.4. The van der Waals surface area contributed by atoms with Crippen molar-refractivity contribution < 1.29 is 66.1 Å². The Kier molecular flexibility index (Phi) is 13.0. The number of methoxy groups -OCH3 is 2. The molecule has 2 rings (SSSR count). The molecule has 2 heterocycles. The second-order valence-corrected chi connectivity index (χ2v) is 10.2. The Morgan fingerprint density at radius 3 is 2.08 bits per heavy atom. The van der Waals surface area contributed by atoms with Crippen LogP contribution in [0.15, 0.2) is 0 Å². The molecule has 16 heteroatoms. The van der Waals surface area contributed by atoms with Crippen LogP contribution in [0, 0.1) is 11.8 Å². The molecule has 6 N–H and O–H groups in total. The molecule has 2 saturated heterocycles. The minimum atomic E-state index is -4.81. The van der Waals surface area contributed by atoms with E-state index in [9.17, 15) is 33.6 Å². The van der Waals surface area contributed by atoms with Crippen LogP contribution >= 0.6 is 0 Å². The van der Waals surface area contributed by atoms with Crippen LogP contribution in [0.1, 0.15) is 13.3 Å². The number of rotatable bonds is 14. The van der Waals surface area contributed by atoms with Crippen molar-refractivity contribution in [1.82, 2.24) is 5.32 Å². The summed E-state index contributed by atoms with van der Waals surface area (Å²) in [6, 6.07) is -0.933. The standard InChI is InChI=1S/C21H39NO14S/c1-11(24)22-18-16(8-32-3)36-15(10-34-37(28,29)30)13(21(18)27)7-33-9-17-20(26)12(4-5-31-2)19(25)14(6-23)35-17/h12-21,23,25-27H,4-10H2,1-3H3,(H,22,24)(H,28,29,30)/t12-,13-,14?,15?,16+,17+,18?,19-,20?,21-/m1/s1. The molecule has 0 spiro atoms. The third kappa shape index (κ3) is 9.29. The van der Waals surface area contributed by atoms with Crippen LogP contribution < -0.4 is 5.32 Å². The van der Waals surface area contributed by atoms with Gasteiger partial charge in [0, 0.05) is 39.6 Å². The van der Waals surface area contributed by atoms with Gasteiger partial charge in [0.25, 0.3) is 0 Å². The molecular formula is C21H39NO14S. The molecule has 0 aromatic rings. The van der Waals surface area contributed by atoms with Gasteiger partial charge in [0.05, 0.1) is 63.5 Å². The number of ether oxygens (including phenoxy) is 5. The molecule has 2 aliphatic rings. The number of aliphatic hydroxyl groups is 4. The molecule has 2 aliphatic heterocycles. The number of hydrogen-bond acceptors (Lipinski definition) is 13. The van der Waals surface area contributed by atoms with Gasteiger partial charge in [0.1, 0.15) is 18.3 Å². The number of carbonyl (C=O) groups excluding carboxylic acids is 1. The minimum Gasteiger partial charge on any atom is -0.394 e. The van der Waals surface area contributed by atoms with Gasteiger partial charge in [-0.05, 0) is 6.42 Å². The number of carbonyl (C=O) groups is 1. The Bertz CT molecular complexity index is 800.